The Hall–Kier alpha value is -0.650. The third-order valence-electron chi connectivity index (χ3n) is 2.48. The Labute approximate surface area is 115 Å². The van der Waals surface area contributed by atoms with Crippen LogP contribution in [0.25, 0.3) is 0 Å². The summed E-state index contributed by atoms with van der Waals surface area (Å²) >= 11 is 3.21. The molecule has 6 heteroatoms. The lowest BCUT2D eigenvalue weighted by molar-refractivity contribution is 0.0743. The van der Waals surface area contributed by atoms with E-state index in [9.17, 15) is 9.18 Å². The van der Waals surface area contributed by atoms with Crippen LogP contribution in [-0.4, -0.2) is 30.4 Å². The molecule has 0 bridgehead atoms. The maximum absolute atomic E-state index is 13.4. The van der Waals surface area contributed by atoms with Crippen LogP contribution in [0.15, 0.2) is 22.7 Å². The van der Waals surface area contributed by atoms with Gasteiger partial charge in [-0.2, -0.15) is 0 Å². The molecule has 1 rings (SSSR count). The van der Waals surface area contributed by atoms with Gasteiger partial charge in [0.2, 0.25) is 0 Å². The summed E-state index contributed by atoms with van der Waals surface area (Å²) in [5.41, 5.74) is 5.51. The van der Waals surface area contributed by atoms with E-state index >= 15 is 0 Å². The predicted molar refractivity (Wildman–Crippen MR) is 72.0 cm³/mol. The van der Waals surface area contributed by atoms with Gasteiger partial charge in [0.15, 0.2) is 0 Å². The number of likely N-dealkylation sites (N-methyl/N-ethyl adjacent to an activating group) is 1. The molecule has 0 heterocycles. The van der Waals surface area contributed by atoms with Crippen molar-refractivity contribution in [2.75, 3.05) is 13.6 Å². The van der Waals surface area contributed by atoms with Crippen molar-refractivity contribution < 1.29 is 9.18 Å². The summed E-state index contributed by atoms with van der Waals surface area (Å²) in [6.45, 7) is 2.16. The van der Waals surface area contributed by atoms with E-state index in [2.05, 4.69) is 15.9 Å². The first-order chi connectivity index (χ1) is 7.47. The van der Waals surface area contributed by atoms with Crippen molar-refractivity contribution >= 4 is 34.2 Å². The number of halogens is 3. The van der Waals surface area contributed by atoms with Crippen molar-refractivity contribution in [3.63, 3.8) is 0 Å². The second-order valence-corrected chi connectivity index (χ2v) is 4.54. The zero-order valence-electron chi connectivity index (χ0n) is 9.61. The fourth-order valence-corrected chi connectivity index (χ4v) is 1.57. The number of rotatable bonds is 3. The van der Waals surface area contributed by atoms with Gasteiger partial charge in [0, 0.05) is 24.1 Å². The Balaban J connectivity index is 0.00000256. The molecular formula is C11H15BrClFN2O. The Morgan fingerprint density at radius 1 is 1.59 bits per heavy atom. The van der Waals surface area contributed by atoms with E-state index < -0.39 is 5.82 Å². The predicted octanol–water partition coefficient (Wildman–Crippen LogP) is 2.43. The lowest BCUT2D eigenvalue weighted by atomic mass is 10.1. The molecule has 1 aromatic rings. The van der Waals surface area contributed by atoms with Gasteiger partial charge in [-0.05, 0) is 25.1 Å². The molecule has 17 heavy (non-hydrogen) atoms. The second kappa shape index (κ2) is 6.93. The Morgan fingerprint density at radius 3 is 2.71 bits per heavy atom. The van der Waals surface area contributed by atoms with Crippen molar-refractivity contribution in [2.24, 2.45) is 5.73 Å². The quantitative estimate of drug-likeness (QED) is 0.928. The molecule has 0 saturated carbocycles. The standard InChI is InChI=1S/C11H14BrFN2O.ClH/c1-7(6-14)15(2)11(16)9-5-8(12)3-4-10(9)13;/h3-5,7H,6,14H2,1-2H3;1H. The molecule has 0 spiro atoms. The first-order valence-electron chi connectivity index (χ1n) is 4.89. The van der Waals surface area contributed by atoms with Gasteiger partial charge in [-0.25, -0.2) is 4.39 Å². The van der Waals surface area contributed by atoms with Gasteiger partial charge in [0.05, 0.1) is 5.56 Å². The van der Waals surface area contributed by atoms with Crippen molar-refractivity contribution in [3.05, 3.63) is 34.1 Å². The van der Waals surface area contributed by atoms with Crippen LogP contribution in [-0.2, 0) is 0 Å². The van der Waals surface area contributed by atoms with Crippen LogP contribution < -0.4 is 5.73 Å². The second-order valence-electron chi connectivity index (χ2n) is 3.62. The molecule has 1 atom stereocenters. The lowest BCUT2D eigenvalue weighted by Gasteiger charge is -2.23. The molecule has 1 aromatic carbocycles. The Morgan fingerprint density at radius 2 is 2.18 bits per heavy atom. The molecule has 0 aliphatic rings. The molecule has 2 N–H and O–H groups in total. The van der Waals surface area contributed by atoms with Crippen LogP contribution >= 0.6 is 28.3 Å². The first kappa shape index (κ1) is 16.4. The zero-order chi connectivity index (χ0) is 12.3. The Bertz CT molecular complexity index is 403. The van der Waals surface area contributed by atoms with Gasteiger partial charge in [-0.1, -0.05) is 15.9 Å². The number of benzene rings is 1. The monoisotopic (exact) mass is 324 g/mol. The third kappa shape index (κ3) is 3.94. The number of nitrogens with zero attached hydrogens (tertiary/aromatic N) is 1. The summed E-state index contributed by atoms with van der Waals surface area (Å²) in [6, 6.07) is 4.17. The number of carbonyl (C=O) groups is 1. The highest BCUT2D eigenvalue weighted by molar-refractivity contribution is 9.10. The minimum Gasteiger partial charge on any atom is -0.338 e. The maximum atomic E-state index is 13.4. The normalized spacial score (nSPS) is 11.6. The van der Waals surface area contributed by atoms with E-state index in [4.69, 9.17) is 5.73 Å². The molecule has 1 amide bonds. The van der Waals surface area contributed by atoms with Crippen LogP contribution in [0.4, 0.5) is 4.39 Å². The SMILES string of the molecule is CC(CN)N(C)C(=O)c1cc(Br)ccc1F.Cl. The first-order valence-corrected chi connectivity index (χ1v) is 5.69. The van der Waals surface area contributed by atoms with Crippen LogP contribution in [0.5, 0.6) is 0 Å². The van der Waals surface area contributed by atoms with Gasteiger partial charge in [-0.15, -0.1) is 12.4 Å². The van der Waals surface area contributed by atoms with Crippen LogP contribution in [0.2, 0.25) is 0 Å². The lowest BCUT2D eigenvalue weighted by Crippen LogP contribution is -2.40. The number of nitrogens with two attached hydrogens (primary N) is 1. The smallest absolute Gasteiger partial charge is 0.256 e. The van der Waals surface area contributed by atoms with Gasteiger partial charge in [-0.3, -0.25) is 4.79 Å². The molecule has 1 unspecified atom stereocenters. The maximum Gasteiger partial charge on any atom is 0.256 e. The largest absolute Gasteiger partial charge is 0.338 e. The molecule has 0 saturated heterocycles. The molecular weight excluding hydrogens is 310 g/mol. The summed E-state index contributed by atoms with van der Waals surface area (Å²) < 4.78 is 14.1. The summed E-state index contributed by atoms with van der Waals surface area (Å²) in [7, 11) is 1.61. The molecule has 0 radical (unpaired) electrons. The summed E-state index contributed by atoms with van der Waals surface area (Å²) in [4.78, 5) is 13.4. The van der Waals surface area contributed by atoms with E-state index in [1.807, 2.05) is 6.92 Å². The molecule has 0 aromatic heterocycles. The van der Waals surface area contributed by atoms with E-state index in [0.717, 1.165) is 0 Å². The number of hydrogen-bond acceptors (Lipinski definition) is 2. The van der Waals surface area contributed by atoms with Crippen LogP contribution in [0, 0.1) is 5.82 Å². The molecule has 0 aliphatic carbocycles. The van der Waals surface area contributed by atoms with Crippen LogP contribution in [0.1, 0.15) is 17.3 Å². The number of carbonyl (C=O) groups excluding carboxylic acids is 1. The highest BCUT2D eigenvalue weighted by Crippen LogP contribution is 2.17. The van der Waals surface area contributed by atoms with E-state index in [1.54, 1.807) is 13.1 Å². The van der Waals surface area contributed by atoms with Crippen LogP contribution in [0.3, 0.4) is 0 Å². The van der Waals surface area contributed by atoms with E-state index in [0.29, 0.717) is 11.0 Å². The van der Waals surface area contributed by atoms with E-state index in [1.165, 1.54) is 17.0 Å². The van der Waals surface area contributed by atoms with Gasteiger partial charge in [0.1, 0.15) is 5.82 Å². The zero-order valence-corrected chi connectivity index (χ0v) is 12.0. The third-order valence-corrected chi connectivity index (χ3v) is 2.97. The van der Waals surface area contributed by atoms with Gasteiger partial charge >= 0.3 is 0 Å². The number of hydrogen-bond donors (Lipinski definition) is 1. The fraction of sp³-hybridized carbons (Fsp3) is 0.364. The molecule has 0 fully saturated rings. The molecule has 96 valence electrons. The van der Waals surface area contributed by atoms with Gasteiger partial charge < -0.3 is 10.6 Å². The minimum atomic E-state index is -0.524. The highest BCUT2D eigenvalue weighted by Gasteiger charge is 2.19. The van der Waals surface area contributed by atoms with Gasteiger partial charge in [0.25, 0.3) is 5.91 Å². The molecule has 0 aliphatic heterocycles. The summed E-state index contributed by atoms with van der Waals surface area (Å²) in [6.07, 6.45) is 0. The highest BCUT2D eigenvalue weighted by atomic mass is 79.9. The topological polar surface area (TPSA) is 46.3 Å². The average Bonchev–Trinajstić information content (AvgIpc) is 2.29. The van der Waals surface area contributed by atoms with Crippen molar-refractivity contribution in [1.29, 1.82) is 0 Å². The van der Waals surface area contributed by atoms with Crippen molar-refractivity contribution in [1.82, 2.24) is 4.90 Å². The fourth-order valence-electron chi connectivity index (χ4n) is 1.21. The van der Waals surface area contributed by atoms with Crippen molar-refractivity contribution in [3.8, 4) is 0 Å². The van der Waals surface area contributed by atoms with Crippen molar-refractivity contribution in [2.45, 2.75) is 13.0 Å². The Kier molecular flexibility index (Phi) is 6.67. The minimum absolute atomic E-state index is 0. The summed E-state index contributed by atoms with van der Waals surface area (Å²) in [5, 5.41) is 0. The summed E-state index contributed by atoms with van der Waals surface area (Å²) in [5.74, 6) is -0.888. The molecule has 3 nitrogen and oxygen atoms in total. The number of amides is 1. The average molecular weight is 326 g/mol. The van der Waals surface area contributed by atoms with E-state index in [-0.39, 0.29) is 29.9 Å².